The maximum Gasteiger partial charge on any atom is 0.00651 e. The molecule has 2 aliphatic carbocycles. The van der Waals surface area contributed by atoms with Gasteiger partial charge < -0.3 is 0 Å². The molecule has 3 unspecified atom stereocenters. The van der Waals surface area contributed by atoms with E-state index in [2.05, 4.69) is 22.9 Å². The minimum absolute atomic E-state index is 0.814. The van der Waals surface area contributed by atoms with E-state index in [-0.39, 0.29) is 0 Å². The zero-order valence-electron chi connectivity index (χ0n) is 7.98. The van der Waals surface area contributed by atoms with Crippen LogP contribution in [-0.4, -0.2) is 5.33 Å². The summed E-state index contributed by atoms with van der Waals surface area (Å²) in [5.41, 5.74) is 0.814. The lowest BCUT2D eigenvalue weighted by atomic mass is 9.94. The third-order valence-corrected chi connectivity index (χ3v) is 4.83. The maximum atomic E-state index is 3.63. The minimum atomic E-state index is 0.814. The SMILES string of the molecule is CC1CCCC2(CC1)CC2CBr. The Hall–Kier alpha value is 0.480. The van der Waals surface area contributed by atoms with Crippen molar-refractivity contribution in [1.82, 2.24) is 0 Å². The van der Waals surface area contributed by atoms with Crippen molar-refractivity contribution in [3.05, 3.63) is 0 Å². The normalized spacial score (nSPS) is 47.5. The second-order valence-electron chi connectivity index (χ2n) is 4.95. The predicted molar refractivity (Wildman–Crippen MR) is 56.6 cm³/mol. The van der Waals surface area contributed by atoms with Gasteiger partial charge in [0.05, 0.1) is 0 Å². The molecule has 0 nitrogen and oxygen atoms in total. The first-order valence-corrected chi connectivity index (χ1v) is 6.45. The third-order valence-electron chi connectivity index (χ3n) is 4.05. The van der Waals surface area contributed by atoms with E-state index in [0.717, 1.165) is 17.3 Å². The Labute approximate surface area is 84.2 Å². The van der Waals surface area contributed by atoms with E-state index < -0.39 is 0 Å². The van der Waals surface area contributed by atoms with Gasteiger partial charge in [-0.15, -0.1) is 0 Å². The van der Waals surface area contributed by atoms with Gasteiger partial charge in [0.15, 0.2) is 0 Å². The number of alkyl halides is 1. The lowest BCUT2D eigenvalue weighted by molar-refractivity contribution is 0.397. The Balaban J connectivity index is 1.92. The standard InChI is InChI=1S/C11H19Br/c1-9-3-2-5-11(6-4-9)7-10(11)8-12/h9-10H,2-8H2,1H3. The molecule has 0 aromatic heterocycles. The van der Waals surface area contributed by atoms with Crippen molar-refractivity contribution in [1.29, 1.82) is 0 Å². The predicted octanol–water partition coefficient (Wildman–Crippen LogP) is 3.99. The maximum absolute atomic E-state index is 3.63. The van der Waals surface area contributed by atoms with Gasteiger partial charge in [-0.1, -0.05) is 42.1 Å². The quantitative estimate of drug-likeness (QED) is 0.598. The Morgan fingerprint density at radius 2 is 2.17 bits per heavy atom. The van der Waals surface area contributed by atoms with Crippen LogP contribution in [0.4, 0.5) is 0 Å². The highest BCUT2D eigenvalue weighted by Crippen LogP contribution is 2.61. The van der Waals surface area contributed by atoms with Crippen LogP contribution in [0.1, 0.15) is 45.4 Å². The number of rotatable bonds is 1. The highest BCUT2D eigenvalue weighted by molar-refractivity contribution is 9.09. The lowest BCUT2D eigenvalue weighted by Crippen LogP contribution is -2.03. The number of hydrogen-bond donors (Lipinski definition) is 0. The van der Waals surface area contributed by atoms with Gasteiger partial charge >= 0.3 is 0 Å². The smallest absolute Gasteiger partial charge is 0.00651 e. The van der Waals surface area contributed by atoms with Crippen LogP contribution in [0.15, 0.2) is 0 Å². The third kappa shape index (κ3) is 1.57. The van der Waals surface area contributed by atoms with Gasteiger partial charge in [-0.05, 0) is 36.5 Å². The Morgan fingerprint density at radius 1 is 1.33 bits per heavy atom. The summed E-state index contributed by atoms with van der Waals surface area (Å²) in [7, 11) is 0. The van der Waals surface area contributed by atoms with Crippen LogP contribution in [0.25, 0.3) is 0 Å². The molecular weight excluding hydrogens is 212 g/mol. The largest absolute Gasteiger partial charge is 0.0925 e. The first kappa shape index (κ1) is 9.05. The topological polar surface area (TPSA) is 0 Å². The Bertz CT molecular complexity index is 166. The average molecular weight is 231 g/mol. The second kappa shape index (κ2) is 3.32. The summed E-state index contributed by atoms with van der Waals surface area (Å²) >= 11 is 3.63. The number of hydrogen-bond acceptors (Lipinski definition) is 0. The molecule has 0 bridgehead atoms. The highest BCUT2D eigenvalue weighted by Gasteiger charge is 2.52. The van der Waals surface area contributed by atoms with E-state index in [9.17, 15) is 0 Å². The molecule has 0 radical (unpaired) electrons. The molecule has 2 aliphatic rings. The van der Waals surface area contributed by atoms with Crippen molar-refractivity contribution in [3.8, 4) is 0 Å². The molecule has 0 N–H and O–H groups in total. The molecule has 2 saturated carbocycles. The summed E-state index contributed by atoms with van der Waals surface area (Å²) in [6.45, 7) is 2.42. The fraction of sp³-hybridized carbons (Fsp3) is 1.00. The van der Waals surface area contributed by atoms with E-state index >= 15 is 0 Å². The molecule has 0 amide bonds. The first-order valence-electron chi connectivity index (χ1n) is 5.33. The highest BCUT2D eigenvalue weighted by atomic mass is 79.9. The zero-order valence-corrected chi connectivity index (χ0v) is 9.57. The van der Waals surface area contributed by atoms with Crippen LogP contribution in [-0.2, 0) is 0 Å². The zero-order chi connectivity index (χ0) is 8.60. The van der Waals surface area contributed by atoms with Crippen LogP contribution in [0.3, 0.4) is 0 Å². The van der Waals surface area contributed by atoms with Crippen molar-refractivity contribution >= 4 is 15.9 Å². The van der Waals surface area contributed by atoms with Gasteiger partial charge in [0.2, 0.25) is 0 Å². The fourth-order valence-electron chi connectivity index (χ4n) is 2.87. The van der Waals surface area contributed by atoms with Crippen molar-refractivity contribution in [2.45, 2.75) is 45.4 Å². The first-order chi connectivity index (χ1) is 5.77. The molecule has 0 aliphatic heterocycles. The van der Waals surface area contributed by atoms with Crippen LogP contribution in [0, 0.1) is 17.3 Å². The van der Waals surface area contributed by atoms with E-state index in [1.54, 1.807) is 0 Å². The van der Waals surface area contributed by atoms with Crippen molar-refractivity contribution < 1.29 is 0 Å². The molecular formula is C11H19Br. The average Bonchev–Trinajstić information content (AvgIpc) is 2.79. The van der Waals surface area contributed by atoms with E-state index in [1.165, 1.54) is 43.9 Å². The summed E-state index contributed by atoms with van der Waals surface area (Å²) in [6, 6.07) is 0. The van der Waals surface area contributed by atoms with Gasteiger partial charge in [-0.2, -0.15) is 0 Å². The molecule has 2 rings (SSSR count). The van der Waals surface area contributed by atoms with Crippen LogP contribution in [0.5, 0.6) is 0 Å². The summed E-state index contributed by atoms with van der Waals surface area (Å²) in [5.74, 6) is 2.03. The van der Waals surface area contributed by atoms with Gasteiger partial charge in [0.25, 0.3) is 0 Å². The van der Waals surface area contributed by atoms with E-state index in [0.29, 0.717) is 0 Å². The van der Waals surface area contributed by atoms with E-state index in [1.807, 2.05) is 0 Å². The molecule has 70 valence electrons. The summed E-state index contributed by atoms with van der Waals surface area (Å²) < 4.78 is 0. The molecule has 2 fully saturated rings. The molecule has 1 spiro atoms. The van der Waals surface area contributed by atoms with Crippen LogP contribution in [0.2, 0.25) is 0 Å². The lowest BCUT2D eigenvalue weighted by Gasteiger charge is -2.12. The molecule has 0 aromatic carbocycles. The van der Waals surface area contributed by atoms with Gasteiger partial charge in [-0.3, -0.25) is 0 Å². The molecule has 0 saturated heterocycles. The van der Waals surface area contributed by atoms with Crippen LogP contribution < -0.4 is 0 Å². The van der Waals surface area contributed by atoms with Crippen molar-refractivity contribution in [2.75, 3.05) is 5.33 Å². The van der Waals surface area contributed by atoms with Gasteiger partial charge in [0.1, 0.15) is 0 Å². The van der Waals surface area contributed by atoms with E-state index in [4.69, 9.17) is 0 Å². The summed E-state index contributed by atoms with van der Waals surface area (Å²) in [5, 5.41) is 1.25. The molecule has 3 atom stereocenters. The number of halogens is 1. The van der Waals surface area contributed by atoms with Gasteiger partial charge in [-0.25, -0.2) is 0 Å². The van der Waals surface area contributed by atoms with Crippen molar-refractivity contribution in [3.63, 3.8) is 0 Å². The molecule has 12 heavy (non-hydrogen) atoms. The molecule has 0 aromatic rings. The Morgan fingerprint density at radius 3 is 2.83 bits per heavy atom. The van der Waals surface area contributed by atoms with Crippen molar-refractivity contribution in [2.24, 2.45) is 17.3 Å². The molecule has 1 heteroatoms. The summed E-state index contributed by atoms with van der Waals surface area (Å²) in [6.07, 6.45) is 9.02. The second-order valence-corrected chi connectivity index (χ2v) is 5.60. The Kier molecular flexibility index (Phi) is 2.51. The minimum Gasteiger partial charge on any atom is -0.0925 e. The summed E-state index contributed by atoms with van der Waals surface area (Å²) in [4.78, 5) is 0. The van der Waals surface area contributed by atoms with Crippen LogP contribution >= 0.6 is 15.9 Å². The monoisotopic (exact) mass is 230 g/mol. The van der Waals surface area contributed by atoms with Gasteiger partial charge in [0, 0.05) is 5.33 Å². The fourth-order valence-corrected chi connectivity index (χ4v) is 3.78. The molecule has 0 heterocycles.